The number of carbonyl (C=O) groups is 1. The molecule has 0 atom stereocenters. The summed E-state index contributed by atoms with van der Waals surface area (Å²) < 4.78 is 0. The van der Waals surface area contributed by atoms with E-state index in [2.05, 4.69) is 50.2 Å². The third-order valence-corrected chi connectivity index (χ3v) is 3.82. The van der Waals surface area contributed by atoms with Gasteiger partial charge in [-0.1, -0.05) is 47.5 Å². The maximum Gasteiger partial charge on any atom is 0.251 e. The first kappa shape index (κ1) is 17.5. The molecule has 1 aromatic rings. The molecule has 1 aromatic heterocycles. The number of amides is 1. The van der Waals surface area contributed by atoms with Crippen molar-refractivity contribution in [3.8, 4) is 0 Å². The number of hydrogen-bond acceptors (Lipinski definition) is 3. The van der Waals surface area contributed by atoms with E-state index < -0.39 is 0 Å². The van der Waals surface area contributed by atoms with Crippen LogP contribution in [0.3, 0.4) is 0 Å². The molecule has 0 saturated heterocycles. The molecule has 1 amide bonds. The zero-order valence-electron chi connectivity index (χ0n) is 14.2. The summed E-state index contributed by atoms with van der Waals surface area (Å²) in [5.41, 5.74) is 1.50. The van der Waals surface area contributed by atoms with E-state index in [4.69, 9.17) is 0 Å². The van der Waals surface area contributed by atoms with Gasteiger partial charge < -0.3 is 10.6 Å². The Labute approximate surface area is 128 Å². The van der Waals surface area contributed by atoms with Crippen LogP contribution in [-0.4, -0.2) is 24.5 Å². The van der Waals surface area contributed by atoms with Crippen LogP contribution in [0, 0.1) is 5.92 Å². The first-order valence-corrected chi connectivity index (χ1v) is 7.80. The molecule has 118 valence electrons. The highest BCUT2D eigenvalue weighted by molar-refractivity contribution is 5.95. The molecule has 0 aliphatic rings. The summed E-state index contributed by atoms with van der Waals surface area (Å²) in [6.07, 6.45) is 2.17. The Bertz CT molecular complexity index is 473. The SMILES string of the molecule is CCC(CC)CNC(=O)c1cc(NC)nc(C(C)(C)C)c1. The van der Waals surface area contributed by atoms with Gasteiger partial charge in [0, 0.05) is 30.3 Å². The van der Waals surface area contributed by atoms with E-state index >= 15 is 0 Å². The van der Waals surface area contributed by atoms with Gasteiger partial charge in [-0.2, -0.15) is 0 Å². The number of aromatic nitrogens is 1. The predicted molar refractivity (Wildman–Crippen MR) is 88.9 cm³/mol. The standard InChI is InChI=1S/C17H29N3O/c1-7-12(8-2)11-19-16(21)13-9-14(17(3,4)5)20-15(10-13)18-6/h9-10,12H,7-8,11H2,1-6H3,(H,18,20)(H,19,21). The third-order valence-electron chi connectivity index (χ3n) is 3.82. The highest BCUT2D eigenvalue weighted by atomic mass is 16.1. The lowest BCUT2D eigenvalue weighted by Crippen LogP contribution is -2.29. The summed E-state index contributed by atoms with van der Waals surface area (Å²) in [6.45, 7) is 11.3. The second-order valence-corrected chi connectivity index (χ2v) is 6.52. The molecule has 0 radical (unpaired) electrons. The Balaban J connectivity index is 2.93. The van der Waals surface area contributed by atoms with Crippen LogP contribution in [0.1, 0.15) is 63.5 Å². The minimum absolute atomic E-state index is 0.0219. The molecule has 1 heterocycles. The Morgan fingerprint density at radius 3 is 2.33 bits per heavy atom. The highest BCUT2D eigenvalue weighted by Gasteiger charge is 2.19. The van der Waals surface area contributed by atoms with Crippen molar-refractivity contribution in [2.45, 2.75) is 52.9 Å². The molecule has 0 bridgehead atoms. The molecule has 21 heavy (non-hydrogen) atoms. The molecule has 1 rings (SSSR count). The van der Waals surface area contributed by atoms with Crippen LogP contribution in [0.2, 0.25) is 0 Å². The summed E-state index contributed by atoms with van der Waals surface area (Å²) in [5.74, 6) is 1.25. The molecule has 2 N–H and O–H groups in total. The van der Waals surface area contributed by atoms with Gasteiger partial charge in [-0.25, -0.2) is 4.98 Å². The van der Waals surface area contributed by atoms with Crippen LogP contribution >= 0.6 is 0 Å². The van der Waals surface area contributed by atoms with Crippen molar-refractivity contribution >= 4 is 11.7 Å². The first-order valence-electron chi connectivity index (χ1n) is 7.80. The third kappa shape index (κ3) is 5.03. The molecule has 4 heteroatoms. The second kappa shape index (κ2) is 7.43. The van der Waals surface area contributed by atoms with E-state index in [0.29, 0.717) is 11.5 Å². The molecule has 0 spiro atoms. The Kier molecular flexibility index (Phi) is 6.19. The van der Waals surface area contributed by atoms with Gasteiger partial charge in [0.2, 0.25) is 0 Å². The van der Waals surface area contributed by atoms with Crippen LogP contribution in [-0.2, 0) is 5.41 Å². The maximum absolute atomic E-state index is 12.4. The van der Waals surface area contributed by atoms with Gasteiger partial charge in [-0.3, -0.25) is 4.79 Å². The average molecular weight is 291 g/mol. The van der Waals surface area contributed by atoms with E-state index in [1.165, 1.54) is 0 Å². The van der Waals surface area contributed by atoms with E-state index in [0.717, 1.165) is 30.9 Å². The molecular weight excluding hydrogens is 262 g/mol. The topological polar surface area (TPSA) is 54.0 Å². The van der Waals surface area contributed by atoms with Crippen molar-refractivity contribution in [3.05, 3.63) is 23.4 Å². The molecule has 0 aromatic carbocycles. The minimum Gasteiger partial charge on any atom is -0.373 e. The average Bonchev–Trinajstić information content (AvgIpc) is 2.46. The number of hydrogen-bond donors (Lipinski definition) is 2. The van der Waals surface area contributed by atoms with Crippen molar-refractivity contribution in [3.63, 3.8) is 0 Å². The fraction of sp³-hybridized carbons (Fsp3) is 0.647. The van der Waals surface area contributed by atoms with Gasteiger partial charge in [-0.05, 0) is 18.1 Å². The summed E-state index contributed by atoms with van der Waals surface area (Å²) in [6, 6.07) is 3.69. The summed E-state index contributed by atoms with van der Waals surface area (Å²) in [4.78, 5) is 16.9. The van der Waals surface area contributed by atoms with Gasteiger partial charge in [-0.15, -0.1) is 0 Å². The fourth-order valence-corrected chi connectivity index (χ4v) is 2.09. The predicted octanol–water partition coefficient (Wildman–Crippen LogP) is 3.59. The lowest BCUT2D eigenvalue weighted by Gasteiger charge is -2.20. The molecule has 4 nitrogen and oxygen atoms in total. The molecule has 0 aliphatic heterocycles. The van der Waals surface area contributed by atoms with Crippen molar-refractivity contribution in [1.29, 1.82) is 0 Å². The Morgan fingerprint density at radius 2 is 1.86 bits per heavy atom. The quantitative estimate of drug-likeness (QED) is 0.842. The maximum atomic E-state index is 12.4. The van der Waals surface area contributed by atoms with Crippen molar-refractivity contribution in [1.82, 2.24) is 10.3 Å². The molecule has 0 fully saturated rings. The van der Waals surface area contributed by atoms with Crippen LogP contribution < -0.4 is 10.6 Å². The normalized spacial score (nSPS) is 11.6. The van der Waals surface area contributed by atoms with Crippen LogP contribution in [0.5, 0.6) is 0 Å². The number of pyridine rings is 1. The number of nitrogens with zero attached hydrogens (tertiary/aromatic N) is 1. The fourth-order valence-electron chi connectivity index (χ4n) is 2.09. The van der Waals surface area contributed by atoms with Crippen LogP contribution in [0.25, 0.3) is 0 Å². The van der Waals surface area contributed by atoms with E-state index in [9.17, 15) is 4.79 Å². The van der Waals surface area contributed by atoms with Crippen LogP contribution in [0.4, 0.5) is 5.82 Å². The lowest BCUT2D eigenvalue weighted by molar-refractivity contribution is 0.0946. The minimum atomic E-state index is -0.0860. The van der Waals surface area contributed by atoms with Crippen molar-refractivity contribution in [2.75, 3.05) is 18.9 Å². The number of rotatable bonds is 6. The molecule has 0 saturated carbocycles. The summed E-state index contributed by atoms with van der Waals surface area (Å²) in [7, 11) is 1.82. The van der Waals surface area contributed by atoms with Gasteiger partial charge in [0.15, 0.2) is 0 Å². The van der Waals surface area contributed by atoms with Gasteiger partial charge in [0.1, 0.15) is 5.82 Å². The molecule has 0 unspecified atom stereocenters. The summed E-state index contributed by atoms with van der Waals surface area (Å²) in [5, 5.41) is 6.07. The monoisotopic (exact) mass is 291 g/mol. The largest absolute Gasteiger partial charge is 0.373 e. The van der Waals surface area contributed by atoms with Gasteiger partial charge in [0.05, 0.1) is 0 Å². The zero-order chi connectivity index (χ0) is 16.0. The first-order chi connectivity index (χ1) is 9.81. The smallest absolute Gasteiger partial charge is 0.251 e. The number of nitrogens with one attached hydrogen (secondary N) is 2. The van der Waals surface area contributed by atoms with E-state index in [1.54, 1.807) is 6.07 Å². The van der Waals surface area contributed by atoms with Gasteiger partial charge in [0.25, 0.3) is 5.91 Å². The molecular formula is C17H29N3O. The Morgan fingerprint density at radius 1 is 1.24 bits per heavy atom. The van der Waals surface area contributed by atoms with E-state index in [1.807, 2.05) is 13.1 Å². The van der Waals surface area contributed by atoms with Crippen molar-refractivity contribution < 1.29 is 4.79 Å². The number of carbonyl (C=O) groups excluding carboxylic acids is 1. The lowest BCUT2D eigenvalue weighted by atomic mass is 9.90. The second-order valence-electron chi connectivity index (χ2n) is 6.52. The molecule has 0 aliphatic carbocycles. The van der Waals surface area contributed by atoms with Crippen LogP contribution in [0.15, 0.2) is 12.1 Å². The highest BCUT2D eigenvalue weighted by Crippen LogP contribution is 2.23. The number of anilines is 1. The Hall–Kier alpha value is -1.58. The van der Waals surface area contributed by atoms with E-state index in [-0.39, 0.29) is 11.3 Å². The summed E-state index contributed by atoms with van der Waals surface area (Å²) >= 11 is 0. The van der Waals surface area contributed by atoms with Gasteiger partial charge >= 0.3 is 0 Å². The van der Waals surface area contributed by atoms with Crippen molar-refractivity contribution in [2.24, 2.45) is 5.92 Å². The zero-order valence-corrected chi connectivity index (χ0v) is 14.2.